The van der Waals surface area contributed by atoms with E-state index in [0.29, 0.717) is 12.3 Å². The Morgan fingerprint density at radius 1 is 1.24 bits per heavy atom. The third-order valence-corrected chi connectivity index (χ3v) is 7.63. The molecule has 0 fully saturated rings. The van der Waals surface area contributed by atoms with Gasteiger partial charge in [-0.05, 0) is 30.4 Å². The molecule has 0 saturated carbocycles. The van der Waals surface area contributed by atoms with Crippen molar-refractivity contribution in [3.63, 3.8) is 0 Å². The molecule has 2 aromatic heterocycles. The predicted molar refractivity (Wildman–Crippen MR) is 142 cm³/mol. The summed E-state index contributed by atoms with van der Waals surface area (Å²) in [5, 5.41) is 9.61. The fourth-order valence-corrected chi connectivity index (χ4v) is 4.95. The second kappa shape index (κ2) is 14.6. The van der Waals surface area contributed by atoms with Gasteiger partial charge in [-0.1, -0.05) is 25.5 Å². The number of unbranched alkanes of at least 4 members (excludes halogenated alkanes) is 1. The molecule has 14 heteroatoms. The van der Waals surface area contributed by atoms with E-state index in [1.807, 2.05) is 37.4 Å². The van der Waals surface area contributed by atoms with E-state index in [4.69, 9.17) is 24.3 Å². The van der Waals surface area contributed by atoms with Gasteiger partial charge < -0.3 is 33.9 Å². The molecule has 0 aliphatic carbocycles. The summed E-state index contributed by atoms with van der Waals surface area (Å²) in [6, 6.07) is 7.70. The van der Waals surface area contributed by atoms with E-state index in [-0.39, 0.29) is 50.8 Å². The molecule has 2 atom stereocenters. The molecule has 2 heterocycles. The Hall–Kier alpha value is -2.25. The van der Waals surface area contributed by atoms with E-state index in [1.165, 1.54) is 6.33 Å². The van der Waals surface area contributed by atoms with Crippen LogP contribution in [0.5, 0.6) is 0 Å². The SMILES string of the molecule is CCCCOC(CO)COP(=O)(COCCn1cnc2c(=O)[nH]c(N)nc21)OCc1ccc(SC)cc1. The lowest BCUT2D eigenvalue weighted by molar-refractivity contribution is -0.0199. The number of nitrogens with two attached hydrogens (primary N) is 1. The summed E-state index contributed by atoms with van der Waals surface area (Å²) in [5.74, 6) is -0.0170. The Morgan fingerprint density at radius 3 is 2.73 bits per heavy atom. The first kappa shape index (κ1) is 29.3. The molecule has 0 aliphatic heterocycles. The van der Waals surface area contributed by atoms with Crippen LogP contribution in [0.1, 0.15) is 25.3 Å². The molecule has 0 saturated heterocycles. The molecular formula is C23H34N5O7PS. The van der Waals surface area contributed by atoms with Crippen molar-refractivity contribution >= 4 is 36.5 Å². The number of fused-ring (bicyclic) bond motifs is 1. The Balaban J connectivity index is 1.61. The average Bonchev–Trinajstić information content (AvgIpc) is 3.31. The number of aliphatic hydroxyl groups is 1. The van der Waals surface area contributed by atoms with Crippen molar-refractivity contribution in [2.45, 2.75) is 43.9 Å². The molecule has 1 aromatic carbocycles. The van der Waals surface area contributed by atoms with Crippen molar-refractivity contribution in [2.24, 2.45) is 0 Å². The second-order valence-electron chi connectivity index (χ2n) is 8.16. The largest absolute Gasteiger partial charge is 0.394 e. The summed E-state index contributed by atoms with van der Waals surface area (Å²) < 4.78 is 37.8. The van der Waals surface area contributed by atoms with E-state index in [9.17, 15) is 14.5 Å². The molecule has 37 heavy (non-hydrogen) atoms. The van der Waals surface area contributed by atoms with Gasteiger partial charge in [-0.15, -0.1) is 11.8 Å². The number of hydrogen-bond acceptors (Lipinski definition) is 11. The van der Waals surface area contributed by atoms with Gasteiger partial charge in [-0.25, -0.2) is 4.98 Å². The lowest BCUT2D eigenvalue weighted by Gasteiger charge is -2.22. The van der Waals surface area contributed by atoms with Crippen LogP contribution >= 0.6 is 19.4 Å². The number of aromatic amines is 1. The molecule has 4 N–H and O–H groups in total. The van der Waals surface area contributed by atoms with Gasteiger partial charge in [0.15, 0.2) is 11.2 Å². The van der Waals surface area contributed by atoms with Gasteiger partial charge in [-0.3, -0.25) is 14.3 Å². The molecule has 0 aliphatic rings. The van der Waals surface area contributed by atoms with E-state index < -0.39 is 19.3 Å². The highest BCUT2D eigenvalue weighted by molar-refractivity contribution is 7.98. The maximum Gasteiger partial charge on any atom is 0.356 e. The number of benzene rings is 1. The maximum absolute atomic E-state index is 13.5. The highest BCUT2D eigenvalue weighted by atomic mass is 32.2. The van der Waals surface area contributed by atoms with Gasteiger partial charge in [0.05, 0.1) is 32.8 Å². The quantitative estimate of drug-likeness (QED) is 0.127. The normalized spacial score (nSPS) is 14.1. The Kier molecular flexibility index (Phi) is 11.6. The first-order chi connectivity index (χ1) is 17.9. The van der Waals surface area contributed by atoms with E-state index in [1.54, 1.807) is 16.3 Å². The lowest BCUT2D eigenvalue weighted by atomic mass is 10.2. The molecule has 3 rings (SSSR count). The topological polar surface area (TPSA) is 164 Å². The minimum absolute atomic E-state index is 0.0170. The lowest BCUT2D eigenvalue weighted by Crippen LogP contribution is -2.24. The van der Waals surface area contributed by atoms with Crippen molar-refractivity contribution in [3.05, 3.63) is 46.5 Å². The number of aliphatic hydroxyl groups excluding tert-OH is 1. The van der Waals surface area contributed by atoms with E-state index >= 15 is 0 Å². The Morgan fingerprint density at radius 2 is 2.03 bits per heavy atom. The highest BCUT2D eigenvalue weighted by Crippen LogP contribution is 2.49. The number of nitrogens with one attached hydrogen (secondary N) is 1. The van der Waals surface area contributed by atoms with Crippen molar-refractivity contribution in [1.29, 1.82) is 0 Å². The van der Waals surface area contributed by atoms with Crippen LogP contribution in [0.3, 0.4) is 0 Å². The predicted octanol–water partition coefficient (Wildman–Crippen LogP) is 3.00. The number of aromatic nitrogens is 4. The van der Waals surface area contributed by atoms with Crippen LogP contribution in [0.2, 0.25) is 0 Å². The first-order valence-corrected chi connectivity index (χ1v) is 14.8. The van der Waals surface area contributed by atoms with Crippen molar-refractivity contribution in [3.8, 4) is 0 Å². The monoisotopic (exact) mass is 555 g/mol. The number of anilines is 1. The maximum atomic E-state index is 13.5. The molecular weight excluding hydrogens is 521 g/mol. The standard InChI is InChI=1S/C23H34N5O7PS/c1-3-4-10-33-18(12-29)14-35-36(31,34-13-17-5-7-19(37-2)8-6-17)16-32-11-9-28-15-25-20-21(28)26-23(24)27-22(20)30/h5-8,15,18,29H,3-4,9-14,16H2,1-2H3,(H3,24,26,27,30). The molecule has 2 unspecified atom stereocenters. The third-order valence-electron chi connectivity index (χ3n) is 5.32. The van der Waals surface area contributed by atoms with Gasteiger partial charge in [0.1, 0.15) is 12.5 Å². The summed E-state index contributed by atoms with van der Waals surface area (Å²) in [4.78, 5) is 23.6. The number of hydrogen-bond donors (Lipinski definition) is 3. The van der Waals surface area contributed by atoms with Crippen LogP contribution in [-0.4, -0.2) is 69.8 Å². The second-order valence-corrected chi connectivity index (χ2v) is 11.0. The van der Waals surface area contributed by atoms with Crippen LogP contribution < -0.4 is 11.3 Å². The van der Waals surface area contributed by atoms with Crippen LogP contribution in [0, 0.1) is 0 Å². The minimum Gasteiger partial charge on any atom is -0.394 e. The summed E-state index contributed by atoms with van der Waals surface area (Å²) in [6.07, 6.45) is 4.30. The summed E-state index contributed by atoms with van der Waals surface area (Å²) >= 11 is 1.62. The number of imidazole rings is 1. The molecule has 0 bridgehead atoms. The zero-order valence-electron chi connectivity index (χ0n) is 21.0. The van der Waals surface area contributed by atoms with Gasteiger partial charge in [0, 0.05) is 18.0 Å². The summed E-state index contributed by atoms with van der Waals surface area (Å²) in [6.45, 7) is 2.59. The molecule has 0 amide bonds. The van der Waals surface area contributed by atoms with Crippen LogP contribution in [-0.2, 0) is 36.2 Å². The van der Waals surface area contributed by atoms with Crippen molar-refractivity contribution < 1.29 is 28.2 Å². The van der Waals surface area contributed by atoms with Crippen molar-refractivity contribution in [2.75, 3.05) is 44.8 Å². The van der Waals surface area contributed by atoms with E-state index in [2.05, 4.69) is 15.0 Å². The van der Waals surface area contributed by atoms with E-state index in [0.717, 1.165) is 23.3 Å². The number of H-pyrrole nitrogens is 1. The smallest absolute Gasteiger partial charge is 0.356 e. The van der Waals surface area contributed by atoms with Crippen LogP contribution in [0.4, 0.5) is 5.95 Å². The summed E-state index contributed by atoms with van der Waals surface area (Å²) in [5.41, 5.74) is 6.52. The number of nitrogen functional groups attached to an aromatic ring is 1. The Bertz CT molecular complexity index is 1220. The summed E-state index contributed by atoms with van der Waals surface area (Å²) in [7, 11) is -3.71. The Labute approximate surface area is 219 Å². The van der Waals surface area contributed by atoms with Gasteiger partial charge in [0.25, 0.3) is 5.56 Å². The van der Waals surface area contributed by atoms with Crippen LogP contribution in [0.15, 0.2) is 40.3 Å². The fraction of sp³-hybridized carbons (Fsp3) is 0.522. The van der Waals surface area contributed by atoms with Crippen molar-refractivity contribution in [1.82, 2.24) is 19.5 Å². The molecule has 0 radical (unpaired) electrons. The zero-order chi connectivity index (χ0) is 26.7. The average molecular weight is 556 g/mol. The van der Waals surface area contributed by atoms with Gasteiger partial charge >= 0.3 is 7.60 Å². The number of ether oxygens (including phenoxy) is 2. The molecule has 12 nitrogen and oxygen atoms in total. The number of thioether (sulfide) groups is 1. The number of rotatable bonds is 17. The molecule has 0 spiro atoms. The highest BCUT2D eigenvalue weighted by Gasteiger charge is 2.27. The van der Waals surface area contributed by atoms with Gasteiger partial charge in [-0.2, -0.15) is 4.98 Å². The van der Waals surface area contributed by atoms with Gasteiger partial charge in [0.2, 0.25) is 5.95 Å². The van der Waals surface area contributed by atoms with Crippen LogP contribution in [0.25, 0.3) is 11.2 Å². The number of nitrogens with zero attached hydrogens (tertiary/aromatic N) is 3. The zero-order valence-corrected chi connectivity index (χ0v) is 22.7. The molecule has 204 valence electrons. The third kappa shape index (κ3) is 8.92. The molecule has 3 aromatic rings. The minimum atomic E-state index is -3.71. The fourth-order valence-electron chi connectivity index (χ4n) is 3.22. The first-order valence-electron chi connectivity index (χ1n) is 11.9.